The summed E-state index contributed by atoms with van der Waals surface area (Å²) in [5, 5.41) is 13.2. The molecule has 1 fully saturated rings. The molecule has 0 saturated heterocycles. The van der Waals surface area contributed by atoms with Crippen LogP contribution in [0.15, 0.2) is 53.6 Å². The predicted molar refractivity (Wildman–Crippen MR) is 99.8 cm³/mol. The zero-order chi connectivity index (χ0) is 18.0. The van der Waals surface area contributed by atoms with E-state index in [4.69, 9.17) is 0 Å². The summed E-state index contributed by atoms with van der Waals surface area (Å²) in [6.07, 6.45) is 2.45. The summed E-state index contributed by atoms with van der Waals surface area (Å²) in [6, 6.07) is 15.2. The molecule has 1 amide bonds. The molecule has 2 N–H and O–H groups in total. The van der Waals surface area contributed by atoms with Gasteiger partial charge in [0.15, 0.2) is 0 Å². The number of phenols is 1. The van der Waals surface area contributed by atoms with Crippen LogP contribution in [0.1, 0.15) is 49.8 Å². The van der Waals surface area contributed by atoms with Gasteiger partial charge in [0.05, 0.1) is 6.21 Å². The van der Waals surface area contributed by atoms with Crippen molar-refractivity contribution in [3.8, 4) is 5.75 Å². The van der Waals surface area contributed by atoms with Crippen molar-refractivity contribution in [1.29, 1.82) is 0 Å². The second-order valence-electron chi connectivity index (χ2n) is 7.65. The van der Waals surface area contributed by atoms with Crippen molar-refractivity contribution in [3.63, 3.8) is 0 Å². The number of hydrogen-bond donors (Lipinski definition) is 2. The maximum Gasteiger partial charge on any atom is 0.243 e. The molecule has 130 valence electrons. The van der Waals surface area contributed by atoms with E-state index in [-0.39, 0.29) is 28.9 Å². The van der Waals surface area contributed by atoms with Crippen LogP contribution in [0.3, 0.4) is 0 Å². The molecule has 1 aliphatic carbocycles. The van der Waals surface area contributed by atoms with Crippen molar-refractivity contribution < 1.29 is 9.90 Å². The Bertz CT molecular complexity index is 771. The van der Waals surface area contributed by atoms with Gasteiger partial charge in [-0.3, -0.25) is 4.79 Å². The molecule has 3 rings (SSSR count). The highest BCUT2D eigenvalue weighted by molar-refractivity contribution is 5.85. The van der Waals surface area contributed by atoms with Gasteiger partial charge in [0.25, 0.3) is 0 Å². The van der Waals surface area contributed by atoms with E-state index in [9.17, 15) is 9.90 Å². The number of carbonyl (C=O) groups is 1. The smallest absolute Gasteiger partial charge is 0.243 e. The van der Waals surface area contributed by atoms with Crippen molar-refractivity contribution in [2.75, 3.05) is 0 Å². The number of hydrogen-bond acceptors (Lipinski definition) is 3. The first-order chi connectivity index (χ1) is 11.8. The number of benzene rings is 2. The average Bonchev–Trinajstić information content (AvgIpc) is 3.37. The summed E-state index contributed by atoms with van der Waals surface area (Å²) in [6.45, 7) is 6.59. The van der Waals surface area contributed by atoms with Crippen LogP contribution in [-0.2, 0) is 10.2 Å². The molecule has 1 aliphatic rings. The highest BCUT2D eigenvalue weighted by atomic mass is 16.3. The van der Waals surface area contributed by atoms with Gasteiger partial charge in [0.1, 0.15) is 5.75 Å². The Morgan fingerprint density at radius 2 is 1.76 bits per heavy atom. The van der Waals surface area contributed by atoms with Gasteiger partial charge in [-0.2, -0.15) is 5.10 Å². The average molecular weight is 336 g/mol. The summed E-state index contributed by atoms with van der Waals surface area (Å²) in [4.78, 5) is 12.2. The topological polar surface area (TPSA) is 61.7 Å². The van der Waals surface area contributed by atoms with Gasteiger partial charge in [-0.15, -0.1) is 0 Å². The van der Waals surface area contributed by atoms with Gasteiger partial charge in [0.2, 0.25) is 5.91 Å². The monoisotopic (exact) mass is 336 g/mol. The summed E-state index contributed by atoms with van der Waals surface area (Å²) in [7, 11) is 0. The van der Waals surface area contributed by atoms with Crippen LogP contribution in [0.25, 0.3) is 0 Å². The number of rotatable bonds is 4. The molecule has 0 aromatic heterocycles. The third-order valence-corrected chi connectivity index (χ3v) is 4.61. The van der Waals surface area contributed by atoms with Crippen molar-refractivity contribution in [3.05, 3.63) is 65.2 Å². The maximum atomic E-state index is 12.2. The third kappa shape index (κ3) is 4.27. The van der Waals surface area contributed by atoms with E-state index in [2.05, 4.69) is 55.6 Å². The Labute approximate surface area is 148 Å². The maximum absolute atomic E-state index is 12.2. The van der Waals surface area contributed by atoms with Crippen LogP contribution in [0.2, 0.25) is 0 Å². The molecule has 4 nitrogen and oxygen atoms in total. The fourth-order valence-corrected chi connectivity index (χ4v) is 2.90. The molecule has 2 aromatic rings. The zero-order valence-corrected chi connectivity index (χ0v) is 14.9. The number of phenolic OH excluding ortho intramolecular Hbond substituents is 1. The minimum atomic E-state index is -0.0417. The summed E-state index contributed by atoms with van der Waals surface area (Å²) in [5.41, 5.74) is 6.09. The van der Waals surface area contributed by atoms with E-state index >= 15 is 0 Å². The van der Waals surface area contributed by atoms with Crippen LogP contribution in [-0.4, -0.2) is 17.2 Å². The van der Waals surface area contributed by atoms with E-state index in [0.717, 1.165) is 12.0 Å². The third-order valence-electron chi connectivity index (χ3n) is 4.61. The van der Waals surface area contributed by atoms with Crippen LogP contribution in [0.4, 0.5) is 0 Å². The number of nitrogens with zero attached hydrogens (tertiary/aromatic N) is 1. The minimum Gasteiger partial charge on any atom is -0.508 e. The minimum absolute atomic E-state index is 0.00236. The van der Waals surface area contributed by atoms with Crippen molar-refractivity contribution in [2.45, 2.75) is 38.5 Å². The quantitative estimate of drug-likeness (QED) is 0.656. The van der Waals surface area contributed by atoms with Gasteiger partial charge in [0, 0.05) is 5.92 Å². The van der Waals surface area contributed by atoms with Crippen LogP contribution >= 0.6 is 0 Å². The largest absolute Gasteiger partial charge is 0.508 e. The predicted octanol–water partition coefficient (Wildman–Crippen LogP) is 3.94. The first kappa shape index (κ1) is 17.2. The van der Waals surface area contributed by atoms with Gasteiger partial charge >= 0.3 is 0 Å². The fourth-order valence-electron chi connectivity index (χ4n) is 2.90. The second kappa shape index (κ2) is 6.71. The lowest BCUT2D eigenvalue weighted by Crippen LogP contribution is -2.20. The molecule has 4 heteroatoms. The van der Waals surface area contributed by atoms with Crippen molar-refractivity contribution >= 4 is 12.1 Å². The van der Waals surface area contributed by atoms with Crippen LogP contribution < -0.4 is 5.43 Å². The van der Waals surface area contributed by atoms with E-state index in [1.165, 1.54) is 11.1 Å². The second-order valence-corrected chi connectivity index (χ2v) is 7.65. The molecule has 0 bridgehead atoms. The Morgan fingerprint density at radius 3 is 2.36 bits per heavy atom. The molecule has 2 aromatic carbocycles. The molecule has 0 heterocycles. The standard InChI is InChI=1S/C21H24N2O2/c1-21(2,3)16-8-6-15(7-9-16)18-12-19(18)20(25)23-22-13-14-4-10-17(24)11-5-14/h4-11,13,18-19,24H,12H2,1-3H3,(H,23,25)/b22-13+/t18-,19-/m0/s1. The van der Waals surface area contributed by atoms with Crippen molar-refractivity contribution in [1.82, 2.24) is 5.43 Å². The number of aromatic hydroxyl groups is 1. The Balaban J connectivity index is 1.54. The number of carbonyl (C=O) groups excluding carboxylic acids is 1. The van der Waals surface area contributed by atoms with Gasteiger partial charge in [-0.05, 0) is 58.7 Å². The molecule has 25 heavy (non-hydrogen) atoms. The molecule has 0 aliphatic heterocycles. The zero-order valence-electron chi connectivity index (χ0n) is 14.9. The van der Waals surface area contributed by atoms with Crippen molar-refractivity contribution in [2.24, 2.45) is 11.0 Å². The molecule has 0 unspecified atom stereocenters. The van der Waals surface area contributed by atoms with Crippen LogP contribution in [0.5, 0.6) is 5.75 Å². The number of nitrogens with one attached hydrogen (secondary N) is 1. The summed E-state index contributed by atoms with van der Waals surface area (Å²) in [5.74, 6) is 0.453. The lowest BCUT2D eigenvalue weighted by molar-refractivity contribution is -0.122. The van der Waals surface area contributed by atoms with E-state index in [1.807, 2.05) is 0 Å². The lowest BCUT2D eigenvalue weighted by Gasteiger charge is -2.19. The van der Waals surface area contributed by atoms with E-state index in [1.54, 1.807) is 30.5 Å². The number of amides is 1. The van der Waals surface area contributed by atoms with Gasteiger partial charge < -0.3 is 5.11 Å². The normalized spacial score (nSPS) is 19.8. The molecular weight excluding hydrogens is 312 g/mol. The fraction of sp³-hybridized carbons (Fsp3) is 0.333. The molecule has 2 atom stereocenters. The van der Waals surface area contributed by atoms with Gasteiger partial charge in [-0.25, -0.2) is 5.43 Å². The summed E-state index contributed by atoms with van der Waals surface area (Å²) < 4.78 is 0. The first-order valence-corrected chi connectivity index (χ1v) is 8.57. The van der Waals surface area contributed by atoms with Gasteiger partial charge in [-0.1, -0.05) is 45.0 Å². The summed E-state index contributed by atoms with van der Waals surface area (Å²) >= 11 is 0. The molecule has 0 radical (unpaired) electrons. The highest BCUT2D eigenvalue weighted by Gasteiger charge is 2.43. The Morgan fingerprint density at radius 1 is 1.12 bits per heavy atom. The SMILES string of the molecule is CC(C)(C)c1ccc([C@@H]2C[C@@H]2C(=O)N/N=C/c2ccc(O)cc2)cc1. The first-order valence-electron chi connectivity index (χ1n) is 8.57. The highest BCUT2D eigenvalue weighted by Crippen LogP contribution is 2.47. The Hall–Kier alpha value is -2.62. The molecular formula is C21H24N2O2. The Kier molecular flexibility index (Phi) is 4.62. The molecule has 0 spiro atoms. The van der Waals surface area contributed by atoms with E-state index in [0.29, 0.717) is 0 Å². The number of hydrazone groups is 1. The van der Waals surface area contributed by atoms with Crippen LogP contribution in [0, 0.1) is 5.92 Å². The van der Waals surface area contributed by atoms with E-state index < -0.39 is 0 Å². The lowest BCUT2D eigenvalue weighted by atomic mass is 9.86. The molecule has 1 saturated carbocycles.